The van der Waals surface area contributed by atoms with Crippen molar-refractivity contribution in [3.8, 4) is 6.07 Å². The highest BCUT2D eigenvalue weighted by atomic mass is 19.1. The molecule has 1 saturated heterocycles. The molecular formula is C17H15FN2O. The number of nitriles is 1. The first-order chi connectivity index (χ1) is 10.2. The van der Waals surface area contributed by atoms with Crippen molar-refractivity contribution in [1.82, 2.24) is 4.90 Å². The predicted octanol–water partition coefficient (Wildman–Crippen LogP) is 3.50. The van der Waals surface area contributed by atoms with Gasteiger partial charge in [0.2, 0.25) is 0 Å². The van der Waals surface area contributed by atoms with Crippen LogP contribution >= 0.6 is 0 Å². The average Bonchev–Trinajstić information content (AvgIpc) is 2.55. The summed E-state index contributed by atoms with van der Waals surface area (Å²) in [7, 11) is 0. The number of hydrogen-bond acceptors (Lipinski definition) is 2. The molecule has 3 rings (SSSR count). The highest BCUT2D eigenvalue weighted by Gasteiger charge is 2.28. The van der Waals surface area contributed by atoms with Crippen LogP contribution in [0, 0.1) is 17.1 Å². The van der Waals surface area contributed by atoms with E-state index in [0.717, 1.165) is 12.8 Å². The fraction of sp³-hybridized carbons (Fsp3) is 0.294. The van der Waals surface area contributed by atoms with Crippen molar-refractivity contribution in [3.05, 3.63) is 47.8 Å². The lowest BCUT2D eigenvalue weighted by molar-refractivity contribution is 0.0672. The molecule has 0 spiro atoms. The van der Waals surface area contributed by atoms with Gasteiger partial charge in [-0.25, -0.2) is 4.39 Å². The van der Waals surface area contributed by atoms with Crippen LogP contribution in [0.2, 0.25) is 0 Å². The molecular weight excluding hydrogens is 267 g/mol. The van der Waals surface area contributed by atoms with Gasteiger partial charge in [-0.2, -0.15) is 5.26 Å². The Morgan fingerprint density at radius 3 is 2.71 bits per heavy atom. The van der Waals surface area contributed by atoms with Gasteiger partial charge in [0.25, 0.3) is 5.91 Å². The molecule has 1 atom stereocenters. The monoisotopic (exact) mass is 282 g/mol. The van der Waals surface area contributed by atoms with E-state index in [1.165, 1.54) is 12.1 Å². The first kappa shape index (κ1) is 13.6. The second kappa shape index (κ2) is 5.53. The largest absolute Gasteiger partial charge is 0.323 e. The molecule has 0 saturated carbocycles. The molecule has 1 amide bonds. The van der Waals surface area contributed by atoms with E-state index in [0.29, 0.717) is 29.3 Å². The molecule has 106 valence electrons. The van der Waals surface area contributed by atoms with Gasteiger partial charge in [-0.3, -0.25) is 4.79 Å². The van der Waals surface area contributed by atoms with Crippen molar-refractivity contribution < 1.29 is 9.18 Å². The minimum absolute atomic E-state index is 0.183. The third-order valence-corrected chi connectivity index (χ3v) is 4.01. The van der Waals surface area contributed by atoms with E-state index >= 15 is 0 Å². The Bertz CT molecular complexity index is 735. The summed E-state index contributed by atoms with van der Waals surface area (Å²) in [5.74, 6) is -0.518. The van der Waals surface area contributed by atoms with Crippen LogP contribution in [0.4, 0.5) is 4.39 Å². The minimum atomic E-state index is -0.380. The van der Waals surface area contributed by atoms with Crippen molar-refractivity contribution in [2.45, 2.75) is 25.3 Å². The second-order valence-corrected chi connectivity index (χ2v) is 5.28. The van der Waals surface area contributed by atoms with Gasteiger partial charge >= 0.3 is 0 Å². The number of fused-ring (bicyclic) bond motifs is 1. The molecule has 0 bridgehead atoms. The Morgan fingerprint density at radius 1 is 1.19 bits per heavy atom. The topological polar surface area (TPSA) is 44.1 Å². The van der Waals surface area contributed by atoms with Crippen molar-refractivity contribution in [2.75, 3.05) is 6.54 Å². The summed E-state index contributed by atoms with van der Waals surface area (Å²) >= 11 is 0. The number of benzene rings is 2. The number of nitrogens with zero attached hydrogens (tertiary/aromatic N) is 2. The second-order valence-electron chi connectivity index (χ2n) is 5.28. The van der Waals surface area contributed by atoms with Crippen LogP contribution in [-0.2, 0) is 0 Å². The fourth-order valence-electron chi connectivity index (χ4n) is 2.91. The van der Waals surface area contributed by atoms with E-state index in [1.807, 2.05) is 0 Å². The molecule has 1 heterocycles. The van der Waals surface area contributed by atoms with Gasteiger partial charge in [0.1, 0.15) is 11.9 Å². The van der Waals surface area contributed by atoms with Crippen LogP contribution in [0.25, 0.3) is 10.8 Å². The Labute approximate surface area is 122 Å². The lowest BCUT2D eigenvalue weighted by Crippen LogP contribution is -2.43. The van der Waals surface area contributed by atoms with Crippen LogP contribution in [0.5, 0.6) is 0 Å². The van der Waals surface area contributed by atoms with E-state index in [4.69, 9.17) is 0 Å². The van der Waals surface area contributed by atoms with Gasteiger partial charge in [0.05, 0.1) is 6.07 Å². The number of rotatable bonds is 1. The first-order valence-electron chi connectivity index (χ1n) is 7.10. The standard InChI is InChI=1S/C17H15FN2O/c18-16-9-8-15(13-6-1-2-7-14(13)16)17(21)20-10-4-3-5-12(20)11-19/h1-2,6-9,12H,3-5,10H2. The zero-order valence-electron chi connectivity index (χ0n) is 11.6. The van der Waals surface area contributed by atoms with E-state index in [9.17, 15) is 14.4 Å². The summed E-state index contributed by atoms with van der Waals surface area (Å²) in [5.41, 5.74) is 0.467. The summed E-state index contributed by atoms with van der Waals surface area (Å²) in [5, 5.41) is 10.3. The zero-order chi connectivity index (χ0) is 14.8. The van der Waals surface area contributed by atoms with Gasteiger partial charge in [-0.15, -0.1) is 0 Å². The molecule has 1 unspecified atom stereocenters. The highest BCUT2D eigenvalue weighted by Crippen LogP contribution is 2.25. The van der Waals surface area contributed by atoms with Gasteiger partial charge in [-0.05, 0) is 36.8 Å². The van der Waals surface area contributed by atoms with Gasteiger partial charge in [0, 0.05) is 17.5 Å². The molecule has 1 fully saturated rings. The SMILES string of the molecule is N#CC1CCCCN1C(=O)c1ccc(F)c2ccccc12. The third-order valence-electron chi connectivity index (χ3n) is 4.01. The van der Waals surface area contributed by atoms with E-state index in [2.05, 4.69) is 6.07 Å². The summed E-state index contributed by atoms with van der Waals surface area (Å²) < 4.78 is 13.8. The van der Waals surface area contributed by atoms with E-state index in [1.54, 1.807) is 29.2 Å². The van der Waals surface area contributed by atoms with Gasteiger partial charge in [0.15, 0.2) is 0 Å². The van der Waals surface area contributed by atoms with Crippen LogP contribution in [0.3, 0.4) is 0 Å². The lowest BCUT2D eigenvalue weighted by Gasteiger charge is -2.31. The number of amides is 1. The lowest BCUT2D eigenvalue weighted by atomic mass is 9.99. The summed E-state index contributed by atoms with van der Waals surface area (Å²) in [4.78, 5) is 14.4. The number of likely N-dealkylation sites (tertiary alicyclic amines) is 1. The average molecular weight is 282 g/mol. The number of carbonyl (C=O) groups excluding carboxylic acids is 1. The smallest absolute Gasteiger partial charge is 0.255 e. The van der Waals surface area contributed by atoms with Crippen LogP contribution in [0.15, 0.2) is 36.4 Å². The molecule has 21 heavy (non-hydrogen) atoms. The molecule has 1 aliphatic rings. The molecule has 0 aromatic heterocycles. The molecule has 2 aromatic rings. The number of halogens is 1. The summed E-state index contributed by atoms with van der Waals surface area (Å²) in [6.45, 7) is 0.586. The van der Waals surface area contributed by atoms with Crippen molar-refractivity contribution >= 4 is 16.7 Å². The minimum Gasteiger partial charge on any atom is -0.323 e. The van der Waals surface area contributed by atoms with Crippen molar-refractivity contribution in [1.29, 1.82) is 5.26 Å². The maximum Gasteiger partial charge on any atom is 0.255 e. The normalized spacial score (nSPS) is 18.5. The zero-order valence-corrected chi connectivity index (χ0v) is 11.6. The quantitative estimate of drug-likeness (QED) is 0.803. The molecule has 0 aliphatic carbocycles. The molecule has 2 aromatic carbocycles. The summed E-state index contributed by atoms with van der Waals surface area (Å²) in [6.07, 6.45) is 2.58. The molecule has 4 heteroatoms. The van der Waals surface area contributed by atoms with E-state index < -0.39 is 0 Å². The Hall–Kier alpha value is -2.41. The molecule has 0 N–H and O–H groups in total. The molecule has 1 aliphatic heterocycles. The molecule has 3 nitrogen and oxygen atoms in total. The van der Waals surface area contributed by atoms with Gasteiger partial charge < -0.3 is 4.90 Å². The predicted molar refractivity (Wildman–Crippen MR) is 78.2 cm³/mol. The molecule has 0 radical (unpaired) electrons. The Morgan fingerprint density at radius 2 is 1.95 bits per heavy atom. The van der Waals surface area contributed by atoms with Crippen molar-refractivity contribution in [3.63, 3.8) is 0 Å². The fourth-order valence-corrected chi connectivity index (χ4v) is 2.91. The highest BCUT2D eigenvalue weighted by molar-refractivity contribution is 6.07. The maximum atomic E-state index is 13.8. The van der Waals surface area contributed by atoms with Crippen molar-refractivity contribution in [2.24, 2.45) is 0 Å². The number of hydrogen-bond donors (Lipinski definition) is 0. The third kappa shape index (κ3) is 2.36. The number of carbonyl (C=O) groups is 1. The number of piperidine rings is 1. The van der Waals surface area contributed by atoms with Crippen LogP contribution in [0.1, 0.15) is 29.6 Å². The van der Waals surface area contributed by atoms with Gasteiger partial charge in [-0.1, -0.05) is 24.3 Å². The Balaban J connectivity index is 2.06. The van der Waals surface area contributed by atoms with Crippen LogP contribution in [-0.4, -0.2) is 23.4 Å². The maximum absolute atomic E-state index is 13.8. The van der Waals surface area contributed by atoms with E-state index in [-0.39, 0.29) is 17.8 Å². The Kier molecular flexibility index (Phi) is 3.57. The first-order valence-corrected chi connectivity index (χ1v) is 7.10. The van der Waals surface area contributed by atoms with Crippen LogP contribution < -0.4 is 0 Å². The summed E-state index contributed by atoms with van der Waals surface area (Å²) in [6, 6.07) is 11.6.